The fraction of sp³-hybridized carbons (Fsp3) is 0.810. The van der Waals surface area contributed by atoms with Crippen LogP contribution in [0.2, 0.25) is 0 Å². The average molecular weight is 461 g/mol. The molecule has 0 saturated heterocycles. The van der Waals surface area contributed by atoms with Crippen LogP contribution in [-0.2, 0) is 19.1 Å². The zero-order chi connectivity index (χ0) is 24.4. The van der Waals surface area contributed by atoms with Gasteiger partial charge in [-0.15, -0.1) is 0 Å². The first kappa shape index (κ1) is 29.0. The molecule has 3 atom stereocenters. The number of hydrogen-bond donors (Lipinski definition) is 4. The van der Waals surface area contributed by atoms with Crippen LogP contribution >= 0.6 is 11.8 Å². The highest BCUT2D eigenvalue weighted by Gasteiger charge is 2.31. The Bertz CT molecular complexity index is 619. The van der Waals surface area contributed by atoms with Crippen LogP contribution in [0.1, 0.15) is 61.3 Å². The standard InChI is InChI=1S/C21H40N4O5S/c1-12(2)11-15(17(22)26)23-19(28)16(13(3)4)25-18(27)14(9-10-31-8)24-20(29)30-21(5,6)7/h12-16H,9-11H2,1-8H3,(H2,22,26)(H,23,28)(H,24,29)(H,25,27)/t14-,15-,16+/m0/s1. The van der Waals surface area contributed by atoms with E-state index in [0.717, 1.165) is 0 Å². The Hall–Kier alpha value is -1.97. The van der Waals surface area contributed by atoms with Gasteiger partial charge in [-0.05, 0) is 57.5 Å². The molecule has 0 heterocycles. The van der Waals surface area contributed by atoms with E-state index < -0.39 is 47.5 Å². The second-order valence-corrected chi connectivity index (χ2v) is 10.3. The normalized spacial score (nSPS) is 14.5. The molecular formula is C21H40N4O5S. The second kappa shape index (κ2) is 13.4. The van der Waals surface area contributed by atoms with Crippen LogP contribution in [0.4, 0.5) is 4.79 Å². The van der Waals surface area contributed by atoms with Crippen molar-refractivity contribution in [3.05, 3.63) is 0 Å². The molecule has 0 aromatic heterocycles. The number of carbonyl (C=O) groups is 4. The van der Waals surface area contributed by atoms with Crippen LogP contribution < -0.4 is 21.7 Å². The van der Waals surface area contributed by atoms with Gasteiger partial charge in [-0.2, -0.15) is 11.8 Å². The maximum atomic E-state index is 12.9. The topological polar surface area (TPSA) is 140 Å². The van der Waals surface area contributed by atoms with Gasteiger partial charge in [0.2, 0.25) is 17.7 Å². The molecule has 0 aliphatic rings. The maximum absolute atomic E-state index is 12.9. The van der Waals surface area contributed by atoms with Gasteiger partial charge in [-0.3, -0.25) is 14.4 Å². The molecule has 0 fully saturated rings. The lowest BCUT2D eigenvalue weighted by molar-refractivity contribution is -0.133. The summed E-state index contributed by atoms with van der Waals surface area (Å²) in [5, 5.41) is 7.94. The number of primary amides is 1. The van der Waals surface area contributed by atoms with Gasteiger partial charge in [-0.25, -0.2) is 4.79 Å². The van der Waals surface area contributed by atoms with Crippen molar-refractivity contribution < 1.29 is 23.9 Å². The number of amides is 4. The highest BCUT2D eigenvalue weighted by molar-refractivity contribution is 7.98. The summed E-state index contributed by atoms with van der Waals surface area (Å²) in [6.45, 7) is 12.6. The Morgan fingerprint density at radius 1 is 0.935 bits per heavy atom. The first-order valence-corrected chi connectivity index (χ1v) is 12.0. The van der Waals surface area contributed by atoms with E-state index in [1.807, 2.05) is 20.1 Å². The smallest absolute Gasteiger partial charge is 0.408 e. The van der Waals surface area contributed by atoms with Crippen LogP contribution in [0.25, 0.3) is 0 Å². The van der Waals surface area contributed by atoms with E-state index in [1.54, 1.807) is 34.6 Å². The number of alkyl carbamates (subject to hydrolysis) is 1. The van der Waals surface area contributed by atoms with Crippen molar-refractivity contribution in [2.45, 2.75) is 85.0 Å². The molecule has 4 amide bonds. The maximum Gasteiger partial charge on any atom is 0.408 e. The van der Waals surface area contributed by atoms with Crippen molar-refractivity contribution in [2.24, 2.45) is 17.6 Å². The molecule has 9 nitrogen and oxygen atoms in total. The summed E-state index contributed by atoms with van der Waals surface area (Å²) < 4.78 is 5.25. The summed E-state index contributed by atoms with van der Waals surface area (Å²) in [6.07, 6.45) is 1.96. The monoisotopic (exact) mass is 460 g/mol. The van der Waals surface area contributed by atoms with E-state index in [-0.39, 0.29) is 11.8 Å². The van der Waals surface area contributed by atoms with Crippen molar-refractivity contribution in [1.29, 1.82) is 0 Å². The average Bonchev–Trinajstić information content (AvgIpc) is 2.59. The number of rotatable bonds is 12. The van der Waals surface area contributed by atoms with Crippen LogP contribution in [-0.4, -0.2) is 59.5 Å². The van der Waals surface area contributed by atoms with E-state index in [2.05, 4.69) is 16.0 Å². The first-order chi connectivity index (χ1) is 14.2. The van der Waals surface area contributed by atoms with Gasteiger partial charge in [0, 0.05) is 0 Å². The third-order valence-corrected chi connectivity index (χ3v) is 4.88. The predicted molar refractivity (Wildman–Crippen MR) is 124 cm³/mol. The summed E-state index contributed by atoms with van der Waals surface area (Å²) in [7, 11) is 0. The molecule has 31 heavy (non-hydrogen) atoms. The van der Waals surface area contributed by atoms with Crippen LogP contribution in [0.3, 0.4) is 0 Å². The summed E-state index contributed by atoms with van der Waals surface area (Å²) in [6, 6.07) is -2.57. The van der Waals surface area contributed by atoms with Crippen LogP contribution in [0, 0.1) is 11.8 Å². The fourth-order valence-corrected chi connectivity index (χ4v) is 3.19. The quantitative estimate of drug-likeness (QED) is 0.350. The van der Waals surface area contributed by atoms with Gasteiger partial charge in [0.05, 0.1) is 0 Å². The number of carbonyl (C=O) groups excluding carboxylic acids is 4. The minimum atomic E-state index is -0.890. The van der Waals surface area contributed by atoms with Gasteiger partial charge in [0.1, 0.15) is 23.7 Å². The second-order valence-electron chi connectivity index (χ2n) is 9.30. The highest BCUT2D eigenvalue weighted by atomic mass is 32.2. The zero-order valence-electron chi connectivity index (χ0n) is 20.0. The fourth-order valence-electron chi connectivity index (χ4n) is 2.72. The van der Waals surface area contributed by atoms with Crippen molar-refractivity contribution in [3.63, 3.8) is 0 Å². The minimum Gasteiger partial charge on any atom is -0.444 e. The van der Waals surface area contributed by atoms with Crippen molar-refractivity contribution in [2.75, 3.05) is 12.0 Å². The lowest BCUT2D eigenvalue weighted by Crippen LogP contribution is -2.58. The number of ether oxygens (including phenoxy) is 1. The molecular weight excluding hydrogens is 420 g/mol. The molecule has 0 aliphatic carbocycles. The van der Waals surface area contributed by atoms with E-state index in [4.69, 9.17) is 10.5 Å². The van der Waals surface area contributed by atoms with E-state index in [9.17, 15) is 19.2 Å². The first-order valence-electron chi connectivity index (χ1n) is 10.6. The summed E-state index contributed by atoms with van der Waals surface area (Å²) >= 11 is 1.53. The summed E-state index contributed by atoms with van der Waals surface area (Å²) in [5.74, 6) is -1.08. The van der Waals surface area contributed by atoms with Gasteiger partial charge >= 0.3 is 6.09 Å². The zero-order valence-corrected chi connectivity index (χ0v) is 20.9. The highest BCUT2D eigenvalue weighted by Crippen LogP contribution is 2.10. The van der Waals surface area contributed by atoms with Gasteiger partial charge in [-0.1, -0.05) is 27.7 Å². The Balaban J connectivity index is 5.34. The van der Waals surface area contributed by atoms with E-state index >= 15 is 0 Å². The summed E-state index contributed by atoms with van der Waals surface area (Å²) in [4.78, 5) is 49.6. The lowest BCUT2D eigenvalue weighted by atomic mass is 9.99. The number of nitrogens with one attached hydrogen (secondary N) is 3. The third kappa shape index (κ3) is 12.5. The van der Waals surface area contributed by atoms with Gasteiger partial charge in [0.25, 0.3) is 0 Å². The molecule has 0 saturated carbocycles. The molecule has 0 aliphatic heterocycles. The van der Waals surface area contributed by atoms with Crippen molar-refractivity contribution >= 4 is 35.6 Å². The van der Waals surface area contributed by atoms with E-state index in [1.165, 1.54) is 11.8 Å². The molecule has 0 spiro atoms. The Morgan fingerprint density at radius 3 is 1.94 bits per heavy atom. The third-order valence-electron chi connectivity index (χ3n) is 4.23. The SMILES string of the molecule is CSCC[C@H](NC(=O)OC(C)(C)C)C(=O)N[C@@H](C(=O)N[C@@H](CC(C)C)C(N)=O)C(C)C. The van der Waals surface area contributed by atoms with Crippen molar-refractivity contribution in [3.8, 4) is 0 Å². The Kier molecular flexibility index (Phi) is 12.6. The number of hydrogen-bond acceptors (Lipinski definition) is 6. The molecule has 0 aromatic carbocycles. The molecule has 0 bridgehead atoms. The molecule has 0 rings (SSSR count). The number of thioether (sulfide) groups is 1. The molecule has 0 unspecified atom stereocenters. The lowest BCUT2D eigenvalue weighted by Gasteiger charge is -2.28. The summed E-state index contributed by atoms with van der Waals surface area (Å²) in [5.41, 5.74) is 4.71. The van der Waals surface area contributed by atoms with Gasteiger partial charge < -0.3 is 26.4 Å². The van der Waals surface area contributed by atoms with Crippen LogP contribution in [0.5, 0.6) is 0 Å². The Morgan fingerprint density at radius 2 is 1.52 bits per heavy atom. The molecule has 10 heteroatoms. The molecule has 0 radical (unpaired) electrons. The minimum absolute atomic E-state index is 0.152. The van der Waals surface area contributed by atoms with Crippen LogP contribution in [0.15, 0.2) is 0 Å². The van der Waals surface area contributed by atoms with Gasteiger partial charge in [0.15, 0.2) is 0 Å². The Labute approximate surface area is 190 Å². The number of nitrogens with two attached hydrogens (primary N) is 1. The van der Waals surface area contributed by atoms with E-state index in [0.29, 0.717) is 18.6 Å². The largest absolute Gasteiger partial charge is 0.444 e. The predicted octanol–water partition coefficient (Wildman–Crippen LogP) is 1.79. The molecule has 180 valence electrons. The molecule has 0 aromatic rings. The molecule has 5 N–H and O–H groups in total. The van der Waals surface area contributed by atoms with Crippen molar-refractivity contribution in [1.82, 2.24) is 16.0 Å².